The van der Waals surface area contributed by atoms with Gasteiger partial charge in [-0.05, 0) is 6.42 Å². The Morgan fingerprint density at radius 1 is 1.46 bits per heavy atom. The summed E-state index contributed by atoms with van der Waals surface area (Å²) in [6.45, 7) is 1.42. The third-order valence-electron chi connectivity index (χ3n) is 4.06. The van der Waals surface area contributed by atoms with Crippen LogP contribution in [0.3, 0.4) is 0 Å². The molecule has 0 radical (unpaired) electrons. The summed E-state index contributed by atoms with van der Waals surface area (Å²) in [4.78, 5) is 24.1. The number of hydrogen-bond acceptors (Lipinski definition) is 6. The molecule has 2 aromatic rings. The molecule has 1 aliphatic heterocycles. The number of nitrogens with zero attached hydrogens (tertiary/aromatic N) is 6. The molecule has 0 bridgehead atoms. The molecule has 1 N–H and O–H groups in total. The van der Waals surface area contributed by atoms with E-state index in [0.29, 0.717) is 24.5 Å². The lowest BCUT2D eigenvalue weighted by molar-refractivity contribution is -0.133. The molecule has 3 heterocycles. The summed E-state index contributed by atoms with van der Waals surface area (Å²) in [6, 6.07) is 0. The maximum atomic E-state index is 12.3. The van der Waals surface area contributed by atoms with Crippen LogP contribution in [-0.4, -0.2) is 67.9 Å². The van der Waals surface area contributed by atoms with E-state index in [4.69, 9.17) is 11.6 Å². The van der Waals surface area contributed by atoms with Crippen LogP contribution >= 0.6 is 11.6 Å². The first-order valence-electron chi connectivity index (χ1n) is 7.60. The highest BCUT2D eigenvalue weighted by molar-refractivity contribution is 6.30. The second kappa shape index (κ2) is 6.74. The van der Waals surface area contributed by atoms with Gasteiger partial charge in [-0.15, -0.1) is 0 Å². The quantitative estimate of drug-likeness (QED) is 0.841. The largest absolute Gasteiger partial charge is 0.386 e. The summed E-state index contributed by atoms with van der Waals surface area (Å²) in [6.07, 6.45) is 8.54. The summed E-state index contributed by atoms with van der Waals surface area (Å²) < 4.78 is 1.48. The highest BCUT2D eigenvalue weighted by Crippen LogP contribution is 2.25. The van der Waals surface area contributed by atoms with Gasteiger partial charge < -0.3 is 14.9 Å². The molecular weight excluding hydrogens is 332 g/mol. The lowest BCUT2D eigenvalue weighted by Gasteiger charge is -2.29. The lowest BCUT2D eigenvalue weighted by Crippen LogP contribution is -2.46. The van der Waals surface area contributed by atoms with Crippen molar-refractivity contribution in [3.8, 4) is 0 Å². The molecule has 1 saturated heterocycles. The maximum absolute atomic E-state index is 12.3. The zero-order valence-corrected chi connectivity index (χ0v) is 14.1. The van der Waals surface area contributed by atoms with E-state index in [-0.39, 0.29) is 19.0 Å². The average Bonchev–Trinajstić information content (AvgIpc) is 3.14. The Morgan fingerprint density at radius 3 is 2.96 bits per heavy atom. The van der Waals surface area contributed by atoms with Crippen molar-refractivity contribution in [3.05, 3.63) is 36.0 Å². The van der Waals surface area contributed by atoms with E-state index in [2.05, 4.69) is 15.1 Å². The van der Waals surface area contributed by atoms with Gasteiger partial charge >= 0.3 is 0 Å². The molecule has 1 amide bonds. The van der Waals surface area contributed by atoms with Crippen LogP contribution in [-0.2, 0) is 11.3 Å². The van der Waals surface area contributed by atoms with Crippen LogP contribution in [0.25, 0.3) is 0 Å². The fourth-order valence-corrected chi connectivity index (χ4v) is 3.01. The molecule has 2 aromatic heterocycles. The predicted molar refractivity (Wildman–Crippen MR) is 88.7 cm³/mol. The number of amides is 1. The van der Waals surface area contributed by atoms with Crippen molar-refractivity contribution >= 4 is 23.3 Å². The van der Waals surface area contributed by atoms with Gasteiger partial charge in [0, 0.05) is 38.7 Å². The monoisotopic (exact) mass is 350 g/mol. The van der Waals surface area contributed by atoms with Gasteiger partial charge in [-0.25, -0.2) is 4.98 Å². The summed E-state index contributed by atoms with van der Waals surface area (Å²) in [5.74, 6) is 0.592. The lowest BCUT2D eigenvalue weighted by atomic mass is 10.0. The van der Waals surface area contributed by atoms with Crippen molar-refractivity contribution in [3.63, 3.8) is 0 Å². The van der Waals surface area contributed by atoms with Crippen molar-refractivity contribution in [1.29, 1.82) is 0 Å². The van der Waals surface area contributed by atoms with Crippen LogP contribution in [0.15, 0.2) is 31.0 Å². The number of hydrogen-bond donors (Lipinski definition) is 1. The molecule has 1 fully saturated rings. The third-order valence-corrected chi connectivity index (χ3v) is 4.26. The number of aliphatic hydroxyl groups is 1. The number of β-amino-alcohol motifs (C(OH)–C–C–N with tert-alkyl or cyclic N) is 1. The highest BCUT2D eigenvalue weighted by Gasteiger charge is 2.38. The number of halogens is 1. The molecule has 0 aliphatic carbocycles. The van der Waals surface area contributed by atoms with Crippen LogP contribution in [0.2, 0.25) is 5.02 Å². The summed E-state index contributed by atoms with van der Waals surface area (Å²) in [5, 5.41) is 15.3. The summed E-state index contributed by atoms with van der Waals surface area (Å²) in [5.41, 5.74) is -0.969. The number of anilines is 1. The van der Waals surface area contributed by atoms with Crippen molar-refractivity contribution in [2.24, 2.45) is 0 Å². The first-order valence-corrected chi connectivity index (χ1v) is 7.98. The van der Waals surface area contributed by atoms with E-state index in [1.165, 1.54) is 15.8 Å². The van der Waals surface area contributed by atoms with Gasteiger partial charge in [-0.2, -0.15) is 5.10 Å². The van der Waals surface area contributed by atoms with Crippen LogP contribution in [0.4, 0.5) is 5.82 Å². The van der Waals surface area contributed by atoms with Crippen LogP contribution in [0.1, 0.15) is 6.42 Å². The molecule has 1 aliphatic rings. The number of likely N-dealkylation sites (N-methyl/N-ethyl adjacent to an activating group) is 1. The Morgan fingerprint density at radius 2 is 2.29 bits per heavy atom. The van der Waals surface area contributed by atoms with Gasteiger partial charge in [-0.3, -0.25) is 14.5 Å². The smallest absolute Gasteiger partial charge is 0.244 e. The first kappa shape index (κ1) is 16.7. The fraction of sp³-hybridized carbons (Fsp3) is 0.467. The van der Waals surface area contributed by atoms with E-state index in [0.717, 1.165) is 5.82 Å². The maximum Gasteiger partial charge on any atom is 0.244 e. The Labute approximate surface area is 144 Å². The van der Waals surface area contributed by atoms with Crippen LogP contribution in [0.5, 0.6) is 0 Å². The number of carbonyl (C=O) groups is 1. The van der Waals surface area contributed by atoms with E-state index in [1.807, 2.05) is 4.90 Å². The molecule has 3 rings (SSSR count). The second-order valence-electron chi connectivity index (χ2n) is 6.07. The van der Waals surface area contributed by atoms with Gasteiger partial charge in [0.2, 0.25) is 5.91 Å². The molecule has 0 unspecified atom stereocenters. The Bertz CT molecular complexity index is 709. The minimum Gasteiger partial charge on any atom is -0.386 e. The van der Waals surface area contributed by atoms with Crippen molar-refractivity contribution in [2.45, 2.75) is 18.6 Å². The first-order chi connectivity index (χ1) is 11.5. The SMILES string of the molecule is CN(C[C@@]1(O)CCN(c2cnccn2)C1)C(=O)Cn1cc(Cl)cn1. The molecular formula is C15H19ClN6O2. The fourth-order valence-electron chi connectivity index (χ4n) is 2.85. The molecule has 9 heteroatoms. The third kappa shape index (κ3) is 3.82. The molecule has 0 aromatic carbocycles. The highest BCUT2D eigenvalue weighted by atomic mass is 35.5. The van der Waals surface area contributed by atoms with Crippen molar-refractivity contribution < 1.29 is 9.90 Å². The molecule has 8 nitrogen and oxygen atoms in total. The molecule has 24 heavy (non-hydrogen) atoms. The average molecular weight is 351 g/mol. The Hall–Kier alpha value is -2.19. The van der Waals surface area contributed by atoms with E-state index in [1.54, 1.807) is 31.8 Å². The minimum absolute atomic E-state index is 0.0905. The Balaban J connectivity index is 1.57. The number of aromatic nitrogens is 4. The minimum atomic E-state index is -0.969. The van der Waals surface area contributed by atoms with E-state index >= 15 is 0 Å². The van der Waals surface area contributed by atoms with Crippen molar-refractivity contribution in [1.82, 2.24) is 24.6 Å². The molecule has 1 atom stereocenters. The van der Waals surface area contributed by atoms with Crippen LogP contribution < -0.4 is 4.90 Å². The zero-order chi connectivity index (χ0) is 17.2. The van der Waals surface area contributed by atoms with E-state index < -0.39 is 5.60 Å². The van der Waals surface area contributed by atoms with Gasteiger partial charge in [0.05, 0.1) is 24.0 Å². The Kier molecular flexibility index (Phi) is 4.68. The molecule has 0 spiro atoms. The molecule has 128 valence electrons. The zero-order valence-electron chi connectivity index (χ0n) is 13.3. The number of rotatable bonds is 5. The standard InChI is InChI=1S/C15H19ClN6O2/c1-20(14(23)9-22-8-12(16)6-19-22)10-15(24)2-5-21(11-15)13-7-17-3-4-18-13/h3-4,6-8,24H,2,5,9-11H2,1H3/t15-/m0/s1. The molecule has 0 saturated carbocycles. The van der Waals surface area contributed by atoms with Gasteiger partial charge in [0.25, 0.3) is 0 Å². The van der Waals surface area contributed by atoms with Gasteiger partial charge in [-0.1, -0.05) is 11.6 Å². The van der Waals surface area contributed by atoms with E-state index in [9.17, 15) is 9.90 Å². The predicted octanol–water partition coefficient (Wildman–Crippen LogP) is 0.426. The normalized spacial score (nSPS) is 20.4. The second-order valence-corrected chi connectivity index (χ2v) is 6.50. The number of carbonyl (C=O) groups excluding carboxylic acids is 1. The summed E-state index contributed by atoms with van der Waals surface area (Å²) >= 11 is 5.79. The van der Waals surface area contributed by atoms with Gasteiger partial charge in [0.15, 0.2) is 0 Å². The topological polar surface area (TPSA) is 87.4 Å². The van der Waals surface area contributed by atoms with Crippen LogP contribution in [0, 0.1) is 0 Å². The summed E-state index contributed by atoms with van der Waals surface area (Å²) in [7, 11) is 1.68. The van der Waals surface area contributed by atoms with Gasteiger partial charge in [0.1, 0.15) is 18.0 Å². The van der Waals surface area contributed by atoms with Crippen molar-refractivity contribution in [2.75, 3.05) is 31.6 Å².